The number of carbonyl (C=O) groups excluding carboxylic acids is 2. The third-order valence-corrected chi connectivity index (χ3v) is 8.51. The van der Waals surface area contributed by atoms with Gasteiger partial charge in [-0.3, -0.25) is 9.59 Å². The van der Waals surface area contributed by atoms with Crippen molar-refractivity contribution in [3.8, 4) is 0 Å². The Morgan fingerprint density at radius 3 is 2.66 bits per heavy atom. The number of aromatic nitrogens is 2. The zero-order valence-corrected chi connectivity index (χ0v) is 23.2. The molecular formula is C26H31ClN6O4S. The summed E-state index contributed by atoms with van der Waals surface area (Å²) in [7, 11) is 2.03. The van der Waals surface area contributed by atoms with E-state index in [-0.39, 0.29) is 12.5 Å². The fourth-order valence-electron chi connectivity index (χ4n) is 5.48. The van der Waals surface area contributed by atoms with Crippen LogP contribution in [0.2, 0.25) is 5.02 Å². The van der Waals surface area contributed by atoms with Gasteiger partial charge in [-0.2, -0.15) is 0 Å². The van der Waals surface area contributed by atoms with Gasteiger partial charge in [-0.15, -0.1) is 11.3 Å². The molecule has 3 atom stereocenters. The molecule has 1 fully saturated rings. The molecule has 0 saturated carbocycles. The Balaban J connectivity index is 1.42. The normalized spacial score (nSPS) is 21.9. The molecular weight excluding hydrogens is 528 g/mol. The van der Waals surface area contributed by atoms with Crippen LogP contribution in [0.1, 0.15) is 51.6 Å². The van der Waals surface area contributed by atoms with Gasteiger partial charge in [0, 0.05) is 46.9 Å². The maximum atomic E-state index is 13.4. The summed E-state index contributed by atoms with van der Waals surface area (Å²) in [5.74, 6) is -0.757. The summed E-state index contributed by atoms with van der Waals surface area (Å²) in [6, 6.07) is 5.11. The van der Waals surface area contributed by atoms with Gasteiger partial charge in [0.25, 0.3) is 11.8 Å². The lowest BCUT2D eigenvalue weighted by atomic mass is 9.81. The largest absolute Gasteiger partial charge is 0.465 e. The number of carboxylic acid groups (broad SMARTS) is 1. The van der Waals surface area contributed by atoms with Crippen LogP contribution in [-0.2, 0) is 13.0 Å². The lowest BCUT2D eigenvalue weighted by Crippen LogP contribution is -2.57. The van der Waals surface area contributed by atoms with Gasteiger partial charge in [-0.25, -0.2) is 9.78 Å². The Bertz CT molecular complexity index is 1410. The van der Waals surface area contributed by atoms with Crippen LogP contribution in [-0.4, -0.2) is 81.0 Å². The van der Waals surface area contributed by atoms with E-state index in [4.69, 9.17) is 11.6 Å². The van der Waals surface area contributed by atoms with E-state index in [1.807, 2.05) is 27.8 Å². The lowest BCUT2D eigenvalue weighted by Gasteiger charge is -2.37. The highest BCUT2D eigenvalue weighted by molar-refractivity contribution is 7.13. The van der Waals surface area contributed by atoms with Crippen LogP contribution in [0.25, 0.3) is 10.9 Å². The number of rotatable bonds is 4. The number of nitrogens with one attached hydrogen (secondary N) is 3. The van der Waals surface area contributed by atoms with E-state index in [0.29, 0.717) is 15.7 Å². The summed E-state index contributed by atoms with van der Waals surface area (Å²) < 4.78 is 0. The molecule has 1 saturated heterocycles. The fourth-order valence-corrected chi connectivity index (χ4v) is 6.75. The lowest BCUT2D eigenvalue weighted by molar-refractivity contribution is 0.0812. The van der Waals surface area contributed by atoms with Crippen LogP contribution >= 0.6 is 22.9 Å². The highest BCUT2D eigenvalue weighted by atomic mass is 35.5. The Kier molecular flexibility index (Phi) is 6.87. The van der Waals surface area contributed by atoms with Crippen molar-refractivity contribution in [1.82, 2.24) is 30.4 Å². The summed E-state index contributed by atoms with van der Waals surface area (Å²) in [6.45, 7) is 7.45. The first kappa shape index (κ1) is 26.5. The quantitative estimate of drug-likeness (QED) is 0.387. The van der Waals surface area contributed by atoms with Gasteiger partial charge >= 0.3 is 6.09 Å². The molecule has 1 aromatic carbocycles. The molecule has 12 heteroatoms. The molecule has 2 aromatic heterocycles. The molecule has 0 aliphatic carbocycles. The number of H-pyrrole nitrogens is 1. The van der Waals surface area contributed by atoms with E-state index < -0.39 is 35.5 Å². The number of amides is 3. The number of likely N-dealkylation sites (tertiary alicyclic amines) is 1. The Labute approximate surface area is 229 Å². The molecule has 2 aliphatic rings. The second kappa shape index (κ2) is 9.87. The highest BCUT2D eigenvalue weighted by Gasteiger charge is 2.50. The van der Waals surface area contributed by atoms with E-state index >= 15 is 0 Å². The molecule has 0 radical (unpaired) electrons. The topological polar surface area (TPSA) is 131 Å². The number of likely N-dealkylation sites (N-methyl/N-ethyl adjacent to an activating group) is 1. The third kappa shape index (κ3) is 5.10. The van der Waals surface area contributed by atoms with Crippen LogP contribution in [0.3, 0.4) is 0 Å². The third-order valence-electron chi connectivity index (χ3n) is 7.19. The van der Waals surface area contributed by atoms with Crippen molar-refractivity contribution in [2.45, 2.75) is 51.9 Å². The monoisotopic (exact) mass is 558 g/mol. The van der Waals surface area contributed by atoms with Crippen molar-refractivity contribution in [2.24, 2.45) is 5.41 Å². The number of hydrogen-bond donors (Lipinski definition) is 4. The van der Waals surface area contributed by atoms with Gasteiger partial charge in [-0.1, -0.05) is 32.4 Å². The summed E-state index contributed by atoms with van der Waals surface area (Å²) in [5, 5.41) is 17.7. The zero-order chi connectivity index (χ0) is 27.4. The minimum atomic E-state index is -1.10. The van der Waals surface area contributed by atoms with Gasteiger partial charge in [0.2, 0.25) is 0 Å². The number of nitrogens with zero attached hydrogens (tertiary/aromatic N) is 3. The summed E-state index contributed by atoms with van der Waals surface area (Å²) in [4.78, 5) is 51.2. The van der Waals surface area contributed by atoms with Crippen molar-refractivity contribution >= 4 is 51.7 Å². The zero-order valence-electron chi connectivity index (χ0n) is 21.7. The van der Waals surface area contributed by atoms with Crippen molar-refractivity contribution in [2.75, 3.05) is 20.1 Å². The molecule has 3 amide bonds. The van der Waals surface area contributed by atoms with E-state index in [1.165, 1.54) is 16.2 Å². The first-order valence-electron chi connectivity index (χ1n) is 12.5. The molecule has 0 spiro atoms. The molecule has 2 aliphatic heterocycles. The number of thiazole rings is 1. The number of hydrogen-bond acceptors (Lipinski definition) is 6. The van der Waals surface area contributed by atoms with Gasteiger partial charge in [0.1, 0.15) is 5.69 Å². The molecule has 202 valence electrons. The van der Waals surface area contributed by atoms with Crippen molar-refractivity contribution in [1.29, 1.82) is 0 Å². The molecule has 4 N–H and O–H groups in total. The van der Waals surface area contributed by atoms with Crippen LogP contribution in [0.15, 0.2) is 24.3 Å². The van der Waals surface area contributed by atoms with Crippen molar-refractivity contribution < 1.29 is 19.5 Å². The second-order valence-corrected chi connectivity index (χ2v) is 12.6. The van der Waals surface area contributed by atoms with Crippen LogP contribution in [0.5, 0.6) is 0 Å². The molecule has 3 aromatic rings. The fraction of sp³-hybridized carbons (Fsp3) is 0.462. The Hall–Kier alpha value is -3.15. The number of halogens is 1. The van der Waals surface area contributed by atoms with Crippen LogP contribution in [0.4, 0.5) is 4.79 Å². The van der Waals surface area contributed by atoms with Gasteiger partial charge in [0.05, 0.1) is 23.8 Å². The van der Waals surface area contributed by atoms with Gasteiger partial charge in [0.15, 0.2) is 5.01 Å². The second-order valence-electron chi connectivity index (χ2n) is 11.1. The highest BCUT2D eigenvalue weighted by Crippen LogP contribution is 2.34. The number of fused-ring (bicyclic) bond motifs is 2. The summed E-state index contributed by atoms with van der Waals surface area (Å²) >= 11 is 7.46. The average molecular weight is 559 g/mol. The van der Waals surface area contributed by atoms with Gasteiger partial charge < -0.3 is 30.5 Å². The van der Waals surface area contributed by atoms with Crippen LogP contribution in [0, 0.1) is 5.41 Å². The van der Waals surface area contributed by atoms with E-state index in [1.54, 1.807) is 24.3 Å². The van der Waals surface area contributed by atoms with Crippen molar-refractivity contribution in [3.63, 3.8) is 0 Å². The maximum absolute atomic E-state index is 13.4. The molecule has 1 unspecified atom stereocenters. The smallest absolute Gasteiger partial charge is 0.407 e. The average Bonchev–Trinajstić information content (AvgIpc) is 3.53. The minimum absolute atomic E-state index is 0.0457. The first-order chi connectivity index (χ1) is 17.9. The number of benzene rings is 1. The SMILES string of the molecule is CN1CCc2nc(C(=O)N[C@@H]3CN(C(=O)O)C(C(C)(C)C)[C@@H]3NC(=O)c3cc4cc(Cl)ccc4[nH]3)sc2C1. The van der Waals surface area contributed by atoms with Gasteiger partial charge in [-0.05, 0) is 36.7 Å². The molecule has 10 nitrogen and oxygen atoms in total. The first-order valence-corrected chi connectivity index (χ1v) is 13.7. The minimum Gasteiger partial charge on any atom is -0.465 e. The molecule has 4 heterocycles. The Morgan fingerprint density at radius 1 is 1.18 bits per heavy atom. The summed E-state index contributed by atoms with van der Waals surface area (Å²) in [5.41, 5.74) is 1.50. The summed E-state index contributed by atoms with van der Waals surface area (Å²) in [6.07, 6.45) is -0.319. The predicted octanol–water partition coefficient (Wildman–Crippen LogP) is 3.57. The van der Waals surface area contributed by atoms with Crippen molar-refractivity contribution in [3.05, 3.63) is 50.6 Å². The molecule has 38 heavy (non-hydrogen) atoms. The standard InChI is InChI=1S/C26H31ClN6O4S/c1-26(2,3)21-20(31-22(34)17-10-13-9-14(27)5-6-15(13)28-17)18(11-33(21)25(36)37)29-23(35)24-30-16-7-8-32(4)12-19(16)38-24/h5-6,9-10,18,20-21,28H,7-8,11-12H2,1-4H3,(H,29,35)(H,31,34)(H,36,37)/t18-,20-,21?/m1/s1. The molecule has 0 bridgehead atoms. The van der Waals surface area contributed by atoms with E-state index in [9.17, 15) is 19.5 Å². The van der Waals surface area contributed by atoms with E-state index in [2.05, 4.69) is 25.5 Å². The number of aromatic amines is 1. The molecule has 5 rings (SSSR count). The number of carbonyl (C=O) groups is 3. The van der Waals surface area contributed by atoms with E-state index in [0.717, 1.165) is 41.0 Å². The Morgan fingerprint density at radius 2 is 1.95 bits per heavy atom. The van der Waals surface area contributed by atoms with Crippen LogP contribution < -0.4 is 10.6 Å². The maximum Gasteiger partial charge on any atom is 0.407 e. The predicted molar refractivity (Wildman–Crippen MR) is 146 cm³/mol.